The smallest absolute Gasteiger partial charge is 0.0317 e. The van der Waals surface area contributed by atoms with E-state index >= 15 is 0 Å². The molecule has 1 nitrogen and oxygen atoms in total. The minimum Gasteiger partial charge on any atom is -0.399 e. The fraction of sp³-hybridized carbons (Fsp3) is 0.294. The van der Waals surface area contributed by atoms with E-state index in [9.17, 15) is 0 Å². The van der Waals surface area contributed by atoms with Crippen molar-refractivity contribution in [3.05, 3.63) is 58.1 Å². The largest absolute Gasteiger partial charge is 0.399 e. The van der Waals surface area contributed by atoms with Gasteiger partial charge in [0, 0.05) is 16.3 Å². The number of nitrogens with two attached hydrogens (primary N) is 1. The predicted octanol–water partition coefficient (Wildman–Crippen LogP) is 4.79. The Morgan fingerprint density at radius 3 is 2.11 bits per heavy atom. The van der Waals surface area contributed by atoms with Crippen molar-refractivity contribution in [1.29, 1.82) is 0 Å². The molecule has 100 valence electrons. The molecule has 2 rings (SSSR count). The average Bonchev–Trinajstić information content (AvgIpc) is 2.30. The average molecular weight is 271 g/mol. The van der Waals surface area contributed by atoms with Gasteiger partial charge < -0.3 is 5.73 Å². The zero-order chi connectivity index (χ0) is 14.0. The first kappa shape index (κ1) is 14.0. The van der Waals surface area contributed by atoms with Crippen molar-refractivity contribution in [2.45, 2.75) is 38.3 Å². The topological polar surface area (TPSA) is 26.0 Å². The molecule has 0 saturated heterocycles. The van der Waals surface area contributed by atoms with E-state index in [4.69, 9.17) is 5.73 Å². The zero-order valence-electron chi connectivity index (χ0n) is 12.1. The molecule has 0 aliphatic heterocycles. The second-order valence-electron chi connectivity index (χ2n) is 5.19. The van der Waals surface area contributed by atoms with Gasteiger partial charge in [0.25, 0.3) is 0 Å². The summed E-state index contributed by atoms with van der Waals surface area (Å²) in [5, 5.41) is 0. The first-order chi connectivity index (χ1) is 8.97. The molecule has 0 aliphatic rings. The van der Waals surface area contributed by atoms with Crippen LogP contribution in [-0.2, 0) is 5.75 Å². The summed E-state index contributed by atoms with van der Waals surface area (Å²) in [7, 11) is 0. The lowest BCUT2D eigenvalue weighted by molar-refractivity contribution is 1.20. The molecular weight excluding hydrogens is 250 g/mol. The van der Waals surface area contributed by atoms with E-state index in [1.165, 1.54) is 32.7 Å². The molecule has 2 aromatic rings. The Kier molecular flexibility index (Phi) is 4.20. The Morgan fingerprint density at radius 2 is 1.53 bits per heavy atom. The van der Waals surface area contributed by atoms with Crippen molar-refractivity contribution in [1.82, 2.24) is 0 Å². The van der Waals surface area contributed by atoms with Gasteiger partial charge in [0.05, 0.1) is 0 Å². The third-order valence-electron chi connectivity index (χ3n) is 3.41. The van der Waals surface area contributed by atoms with Crippen LogP contribution in [0.5, 0.6) is 0 Å². The van der Waals surface area contributed by atoms with Gasteiger partial charge >= 0.3 is 0 Å². The van der Waals surface area contributed by atoms with Crippen LogP contribution in [0.2, 0.25) is 0 Å². The molecule has 2 N–H and O–H groups in total. The Balaban J connectivity index is 2.19. The summed E-state index contributed by atoms with van der Waals surface area (Å²) in [5.41, 5.74) is 13.5. The lowest BCUT2D eigenvalue weighted by Crippen LogP contribution is -1.94. The first-order valence-corrected chi connectivity index (χ1v) is 7.51. The Labute approximate surface area is 120 Å². The van der Waals surface area contributed by atoms with Crippen LogP contribution < -0.4 is 5.73 Å². The molecule has 0 unspecified atom stereocenters. The Morgan fingerprint density at radius 1 is 0.895 bits per heavy atom. The summed E-state index contributed by atoms with van der Waals surface area (Å²) >= 11 is 1.89. The van der Waals surface area contributed by atoms with Gasteiger partial charge in [-0.1, -0.05) is 17.7 Å². The van der Waals surface area contributed by atoms with Crippen LogP contribution in [0.15, 0.2) is 35.2 Å². The maximum absolute atomic E-state index is 5.79. The van der Waals surface area contributed by atoms with Crippen LogP contribution in [0.1, 0.15) is 27.8 Å². The lowest BCUT2D eigenvalue weighted by atomic mass is 10.0. The standard InChI is InChI=1S/C17H21NS/c1-11-7-12(2)16(13(3)8-11)10-19-17-6-5-15(18)9-14(17)4/h5-9H,10,18H2,1-4H3. The van der Waals surface area contributed by atoms with Crippen LogP contribution in [-0.4, -0.2) is 0 Å². The van der Waals surface area contributed by atoms with Crippen molar-refractivity contribution in [3.8, 4) is 0 Å². The van der Waals surface area contributed by atoms with E-state index in [1.54, 1.807) is 0 Å². The minimum atomic E-state index is 0.838. The van der Waals surface area contributed by atoms with Gasteiger partial charge in [0.15, 0.2) is 0 Å². The molecule has 0 spiro atoms. The van der Waals surface area contributed by atoms with Gasteiger partial charge in [-0.2, -0.15) is 0 Å². The van der Waals surface area contributed by atoms with Crippen molar-refractivity contribution < 1.29 is 0 Å². The van der Waals surface area contributed by atoms with Gasteiger partial charge in [-0.05, 0) is 68.1 Å². The van der Waals surface area contributed by atoms with E-state index < -0.39 is 0 Å². The normalized spacial score (nSPS) is 10.7. The molecule has 0 heterocycles. The lowest BCUT2D eigenvalue weighted by Gasteiger charge is -2.12. The molecule has 0 bridgehead atoms. The second kappa shape index (κ2) is 5.70. The van der Waals surface area contributed by atoms with Crippen molar-refractivity contribution in [2.24, 2.45) is 0 Å². The predicted molar refractivity (Wildman–Crippen MR) is 85.8 cm³/mol. The number of nitrogen functional groups attached to an aromatic ring is 1. The maximum atomic E-state index is 5.79. The third kappa shape index (κ3) is 3.32. The highest BCUT2D eigenvalue weighted by molar-refractivity contribution is 7.98. The summed E-state index contributed by atoms with van der Waals surface area (Å²) in [5.74, 6) is 1.02. The van der Waals surface area contributed by atoms with Gasteiger partial charge in [-0.3, -0.25) is 0 Å². The third-order valence-corrected chi connectivity index (χ3v) is 4.61. The molecule has 2 aromatic carbocycles. The highest BCUT2D eigenvalue weighted by Gasteiger charge is 2.06. The number of benzene rings is 2. The molecular formula is C17H21NS. The molecule has 0 amide bonds. The van der Waals surface area contributed by atoms with Gasteiger partial charge in [0.2, 0.25) is 0 Å². The molecule has 0 radical (unpaired) electrons. The molecule has 2 heteroatoms. The fourth-order valence-electron chi connectivity index (χ4n) is 2.42. The molecule has 0 fully saturated rings. The number of hydrogen-bond donors (Lipinski definition) is 1. The Hall–Kier alpha value is -1.41. The van der Waals surface area contributed by atoms with Crippen LogP contribution in [0.25, 0.3) is 0 Å². The van der Waals surface area contributed by atoms with Crippen LogP contribution >= 0.6 is 11.8 Å². The van der Waals surface area contributed by atoms with Crippen LogP contribution in [0, 0.1) is 27.7 Å². The quantitative estimate of drug-likeness (QED) is 0.641. The van der Waals surface area contributed by atoms with Gasteiger partial charge in [-0.15, -0.1) is 11.8 Å². The summed E-state index contributed by atoms with van der Waals surface area (Å²) < 4.78 is 0. The van der Waals surface area contributed by atoms with Crippen LogP contribution in [0.4, 0.5) is 5.69 Å². The molecule has 0 atom stereocenters. The summed E-state index contributed by atoms with van der Waals surface area (Å²) in [4.78, 5) is 1.31. The van der Waals surface area contributed by atoms with Crippen molar-refractivity contribution >= 4 is 17.4 Å². The van der Waals surface area contributed by atoms with E-state index in [0.29, 0.717) is 0 Å². The van der Waals surface area contributed by atoms with E-state index in [2.05, 4.69) is 45.9 Å². The number of hydrogen-bond acceptors (Lipinski definition) is 2. The van der Waals surface area contributed by atoms with Crippen LogP contribution in [0.3, 0.4) is 0 Å². The van der Waals surface area contributed by atoms with E-state index in [0.717, 1.165) is 11.4 Å². The highest BCUT2D eigenvalue weighted by atomic mass is 32.2. The summed E-state index contributed by atoms with van der Waals surface area (Å²) in [6.45, 7) is 8.67. The second-order valence-corrected chi connectivity index (χ2v) is 6.21. The molecule has 0 aromatic heterocycles. The van der Waals surface area contributed by atoms with Crippen molar-refractivity contribution in [2.75, 3.05) is 5.73 Å². The van der Waals surface area contributed by atoms with E-state index in [-0.39, 0.29) is 0 Å². The molecule has 0 aliphatic carbocycles. The number of rotatable bonds is 3. The van der Waals surface area contributed by atoms with Gasteiger partial charge in [0.1, 0.15) is 0 Å². The first-order valence-electron chi connectivity index (χ1n) is 6.53. The van der Waals surface area contributed by atoms with E-state index in [1.807, 2.05) is 23.9 Å². The minimum absolute atomic E-state index is 0.838. The Bertz CT molecular complexity index is 579. The maximum Gasteiger partial charge on any atom is 0.0317 e. The summed E-state index contributed by atoms with van der Waals surface area (Å²) in [6.07, 6.45) is 0. The number of anilines is 1. The number of thioether (sulfide) groups is 1. The summed E-state index contributed by atoms with van der Waals surface area (Å²) in [6, 6.07) is 10.7. The van der Waals surface area contributed by atoms with Gasteiger partial charge in [-0.25, -0.2) is 0 Å². The van der Waals surface area contributed by atoms with Crippen molar-refractivity contribution in [3.63, 3.8) is 0 Å². The SMILES string of the molecule is Cc1cc(C)c(CSc2ccc(N)cc2C)c(C)c1. The molecule has 19 heavy (non-hydrogen) atoms. The zero-order valence-corrected chi connectivity index (χ0v) is 12.9. The fourth-order valence-corrected chi connectivity index (χ4v) is 3.63. The molecule has 0 saturated carbocycles. The number of aryl methyl sites for hydroxylation is 4. The monoisotopic (exact) mass is 271 g/mol. The highest BCUT2D eigenvalue weighted by Crippen LogP contribution is 2.30.